The van der Waals surface area contributed by atoms with Crippen LogP contribution in [0.3, 0.4) is 0 Å². The summed E-state index contributed by atoms with van der Waals surface area (Å²) >= 11 is 0. The Kier molecular flexibility index (Phi) is 10.1. The van der Waals surface area contributed by atoms with Crippen molar-refractivity contribution in [1.82, 2.24) is 20.5 Å². The Labute approximate surface area is 209 Å². The van der Waals surface area contributed by atoms with Crippen LogP contribution in [-0.4, -0.2) is 55.1 Å². The molecule has 0 saturated carbocycles. The molecule has 0 aromatic carbocycles. The Morgan fingerprint density at radius 1 is 1.09 bits per heavy atom. The SMILES string of the molecule is CCNC(=NCc1ccnc(N2CCCC2)c1)NCC(c1ccco1)N1CCCCC1.I. The van der Waals surface area contributed by atoms with Crippen molar-refractivity contribution in [3.63, 3.8) is 0 Å². The predicted octanol–water partition coefficient (Wildman–Crippen LogP) is 4.18. The number of guanidine groups is 1. The number of nitrogens with one attached hydrogen (secondary N) is 2. The fraction of sp³-hybridized carbons (Fsp3) is 0.583. The van der Waals surface area contributed by atoms with Gasteiger partial charge < -0.3 is 20.0 Å². The van der Waals surface area contributed by atoms with Gasteiger partial charge in [0.2, 0.25) is 0 Å². The summed E-state index contributed by atoms with van der Waals surface area (Å²) in [4.78, 5) is 14.3. The van der Waals surface area contributed by atoms with Gasteiger partial charge >= 0.3 is 0 Å². The van der Waals surface area contributed by atoms with E-state index in [1.807, 2.05) is 12.3 Å². The number of piperidine rings is 1. The van der Waals surface area contributed by atoms with Crippen LogP contribution in [0.2, 0.25) is 0 Å². The molecule has 0 amide bonds. The van der Waals surface area contributed by atoms with E-state index in [-0.39, 0.29) is 30.0 Å². The monoisotopic (exact) mass is 552 g/mol. The van der Waals surface area contributed by atoms with Crippen molar-refractivity contribution in [2.24, 2.45) is 4.99 Å². The average molecular weight is 553 g/mol. The highest BCUT2D eigenvalue weighted by Crippen LogP contribution is 2.24. The number of hydrogen-bond donors (Lipinski definition) is 2. The van der Waals surface area contributed by atoms with Crippen molar-refractivity contribution < 1.29 is 4.42 Å². The van der Waals surface area contributed by atoms with Crippen molar-refractivity contribution in [3.05, 3.63) is 48.0 Å². The number of aromatic nitrogens is 1. The fourth-order valence-electron chi connectivity index (χ4n) is 4.50. The lowest BCUT2D eigenvalue weighted by molar-refractivity contribution is 0.146. The predicted molar refractivity (Wildman–Crippen MR) is 141 cm³/mol. The van der Waals surface area contributed by atoms with Crippen LogP contribution >= 0.6 is 24.0 Å². The van der Waals surface area contributed by atoms with Crippen molar-refractivity contribution in [3.8, 4) is 0 Å². The zero-order valence-corrected chi connectivity index (χ0v) is 21.5. The van der Waals surface area contributed by atoms with E-state index >= 15 is 0 Å². The second-order valence-electron chi connectivity index (χ2n) is 8.42. The van der Waals surface area contributed by atoms with Crippen molar-refractivity contribution in [2.75, 3.05) is 44.2 Å². The summed E-state index contributed by atoms with van der Waals surface area (Å²) in [6.07, 6.45) is 10.0. The maximum absolute atomic E-state index is 5.78. The highest BCUT2D eigenvalue weighted by Gasteiger charge is 2.24. The van der Waals surface area contributed by atoms with E-state index in [1.54, 1.807) is 6.26 Å². The summed E-state index contributed by atoms with van der Waals surface area (Å²) in [5.74, 6) is 2.94. The maximum atomic E-state index is 5.78. The van der Waals surface area contributed by atoms with E-state index in [1.165, 1.54) is 37.7 Å². The van der Waals surface area contributed by atoms with Gasteiger partial charge in [-0.3, -0.25) is 4.90 Å². The number of furan rings is 1. The molecule has 1 unspecified atom stereocenters. The number of anilines is 1. The molecule has 4 rings (SSSR count). The molecule has 0 spiro atoms. The van der Waals surface area contributed by atoms with E-state index in [9.17, 15) is 0 Å². The van der Waals surface area contributed by atoms with Gasteiger partial charge in [0, 0.05) is 32.4 Å². The highest BCUT2D eigenvalue weighted by atomic mass is 127. The first-order chi connectivity index (χ1) is 15.3. The molecule has 2 aromatic rings. The summed E-state index contributed by atoms with van der Waals surface area (Å²) in [6.45, 7) is 8.79. The minimum Gasteiger partial charge on any atom is -0.468 e. The lowest BCUT2D eigenvalue weighted by Crippen LogP contribution is -2.44. The lowest BCUT2D eigenvalue weighted by Gasteiger charge is -2.33. The van der Waals surface area contributed by atoms with Crippen LogP contribution in [0, 0.1) is 0 Å². The molecule has 0 bridgehead atoms. The molecule has 0 aliphatic carbocycles. The van der Waals surface area contributed by atoms with Gasteiger partial charge in [0.1, 0.15) is 11.6 Å². The zero-order valence-electron chi connectivity index (χ0n) is 19.1. The number of aliphatic imine (C=N–C) groups is 1. The van der Waals surface area contributed by atoms with Gasteiger partial charge in [-0.25, -0.2) is 9.98 Å². The van der Waals surface area contributed by atoms with Gasteiger partial charge in [-0.05, 0) is 75.5 Å². The van der Waals surface area contributed by atoms with Crippen LogP contribution in [0.5, 0.6) is 0 Å². The first-order valence-corrected chi connectivity index (χ1v) is 11.8. The molecule has 2 aliphatic rings. The van der Waals surface area contributed by atoms with Crippen molar-refractivity contribution in [1.29, 1.82) is 0 Å². The standard InChI is InChI=1S/C24H36N6O.HI/c1-2-25-24(27-18-20-10-11-26-23(17-20)30-14-6-7-15-30)28-19-21(22-9-8-16-31-22)29-12-4-3-5-13-29;/h8-11,16-17,21H,2-7,12-15,18-19H2,1H3,(H2,25,27,28);1H. The van der Waals surface area contributed by atoms with Gasteiger partial charge in [0.15, 0.2) is 5.96 Å². The van der Waals surface area contributed by atoms with Crippen molar-refractivity contribution >= 4 is 35.8 Å². The van der Waals surface area contributed by atoms with Crippen molar-refractivity contribution in [2.45, 2.75) is 51.6 Å². The van der Waals surface area contributed by atoms with E-state index in [2.05, 4.69) is 50.5 Å². The molecular weight excluding hydrogens is 515 g/mol. The van der Waals surface area contributed by atoms with Gasteiger partial charge in [-0.1, -0.05) is 6.42 Å². The number of halogens is 1. The normalized spacial score (nSPS) is 18.3. The van der Waals surface area contributed by atoms with Gasteiger partial charge in [0.05, 0.1) is 18.8 Å². The van der Waals surface area contributed by atoms with E-state index in [0.717, 1.165) is 56.8 Å². The summed E-state index contributed by atoms with van der Waals surface area (Å²) in [5, 5.41) is 6.95. The molecule has 2 aromatic heterocycles. The Hall–Kier alpha value is -1.81. The van der Waals surface area contributed by atoms with Crippen LogP contribution in [0.25, 0.3) is 0 Å². The topological polar surface area (TPSA) is 68.9 Å². The summed E-state index contributed by atoms with van der Waals surface area (Å²) in [5.41, 5.74) is 1.19. The Morgan fingerprint density at radius 3 is 2.59 bits per heavy atom. The molecule has 8 heteroatoms. The number of hydrogen-bond acceptors (Lipinski definition) is 5. The van der Waals surface area contributed by atoms with E-state index in [4.69, 9.17) is 9.41 Å². The number of likely N-dealkylation sites (tertiary alicyclic amines) is 1. The summed E-state index contributed by atoms with van der Waals surface area (Å²) in [6, 6.07) is 8.53. The Balaban J connectivity index is 0.00000289. The van der Waals surface area contributed by atoms with Crippen LogP contribution < -0.4 is 15.5 Å². The first-order valence-electron chi connectivity index (χ1n) is 11.8. The quantitative estimate of drug-likeness (QED) is 0.291. The van der Waals surface area contributed by atoms with Crippen LogP contribution in [0.4, 0.5) is 5.82 Å². The van der Waals surface area contributed by atoms with Gasteiger partial charge in [0.25, 0.3) is 0 Å². The number of rotatable bonds is 8. The molecule has 2 saturated heterocycles. The minimum atomic E-state index is 0. The first kappa shape index (κ1) is 24.8. The minimum absolute atomic E-state index is 0. The Bertz CT molecular complexity index is 816. The molecule has 1 atom stereocenters. The molecular formula is C24H37IN6O. The third kappa shape index (κ3) is 6.84. The summed E-state index contributed by atoms with van der Waals surface area (Å²) in [7, 11) is 0. The summed E-state index contributed by atoms with van der Waals surface area (Å²) < 4.78 is 5.78. The van der Waals surface area contributed by atoms with Crippen LogP contribution in [-0.2, 0) is 6.54 Å². The lowest BCUT2D eigenvalue weighted by atomic mass is 10.1. The highest BCUT2D eigenvalue weighted by molar-refractivity contribution is 14.0. The molecule has 32 heavy (non-hydrogen) atoms. The van der Waals surface area contributed by atoms with E-state index < -0.39 is 0 Å². The molecule has 7 nitrogen and oxygen atoms in total. The Morgan fingerprint density at radius 2 is 1.88 bits per heavy atom. The van der Waals surface area contributed by atoms with Gasteiger partial charge in [-0.2, -0.15) is 0 Å². The average Bonchev–Trinajstić information content (AvgIpc) is 3.53. The second-order valence-corrected chi connectivity index (χ2v) is 8.42. The number of nitrogens with zero attached hydrogens (tertiary/aromatic N) is 4. The third-order valence-corrected chi connectivity index (χ3v) is 6.17. The van der Waals surface area contributed by atoms with Crippen LogP contribution in [0.15, 0.2) is 46.1 Å². The molecule has 2 fully saturated rings. The smallest absolute Gasteiger partial charge is 0.191 e. The zero-order chi connectivity index (χ0) is 21.3. The second kappa shape index (κ2) is 13.0. The maximum Gasteiger partial charge on any atom is 0.191 e. The fourth-order valence-corrected chi connectivity index (χ4v) is 4.50. The van der Waals surface area contributed by atoms with E-state index in [0.29, 0.717) is 6.54 Å². The molecule has 176 valence electrons. The largest absolute Gasteiger partial charge is 0.468 e. The number of pyridine rings is 1. The van der Waals surface area contributed by atoms with Gasteiger partial charge in [-0.15, -0.1) is 24.0 Å². The molecule has 2 aliphatic heterocycles. The molecule has 4 heterocycles. The third-order valence-electron chi connectivity index (χ3n) is 6.17. The molecule has 0 radical (unpaired) electrons. The van der Waals surface area contributed by atoms with Crippen LogP contribution in [0.1, 0.15) is 56.4 Å². The molecule has 2 N–H and O–H groups in total.